The molecule has 0 unspecified atom stereocenters. The van der Waals surface area contributed by atoms with E-state index in [1.165, 1.54) is 87.0 Å². The first-order valence-corrected chi connectivity index (χ1v) is 24.6. The van der Waals surface area contributed by atoms with Crippen LogP contribution in [-0.2, 0) is 53.4 Å². The van der Waals surface area contributed by atoms with Crippen LogP contribution in [0.2, 0.25) is 0 Å². The van der Waals surface area contributed by atoms with E-state index >= 15 is 17.6 Å². The van der Waals surface area contributed by atoms with Gasteiger partial charge in [-0.05, 0) is 83.9 Å². The van der Waals surface area contributed by atoms with Crippen LogP contribution < -0.4 is 9.47 Å². The second kappa shape index (κ2) is 23.9. The molecule has 412 valence electrons. The van der Waals surface area contributed by atoms with Crippen molar-refractivity contribution >= 4 is 34.0 Å². The number of fused-ring (bicyclic) bond motifs is 2. The third-order valence-electron chi connectivity index (χ3n) is 12.8. The van der Waals surface area contributed by atoms with Crippen molar-refractivity contribution in [2.24, 2.45) is 0 Å². The molecular formula is C58H42F8N8O7. The number of imidazole rings is 2. The molecule has 10 rings (SSSR count). The zero-order valence-corrected chi connectivity index (χ0v) is 42.7. The van der Waals surface area contributed by atoms with Crippen LogP contribution in [0.1, 0.15) is 54.9 Å². The van der Waals surface area contributed by atoms with Gasteiger partial charge in [0, 0.05) is 75.5 Å². The van der Waals surface area contributed by atoms with E-state index in [1.54, 1.807) is 9.13 Å². The number of carbonyl (C=O) groups excluding carboxylic acids is 2. The number of rotatable bonds is 20. The first-order chi connectivity index (χ1) is 39.1. The summed E-state index contributed by atoms with van der Waals surface area (Å²) < 4.78 is 149. The number of benzene rings is 4. The van der Waals surface area contributed by atoms with E-state index in [-0.39, 0.29) is 119 Å². The molecule has 6 aromatic heterocycles. The van der Waals surface area contributed by atoms with Crippen LogP contribution in [0.15, 0.2) is 122 Å². The number of pyridine rings is 4. The Morgan fingerprint density at radius 2 is 0.914 bits per heavy atom. The molecule has 15 nitrogen and oxygen atoms in total. The van der Waals surface area contributed by atoms with Gasteiger partial charge in [0.15, 0.2) is 11.6 Å². The number of nitrogens with zero attached hydrogens (tertiary/aromatic N) is 8. The van der Waals surface area contributed by atoms with Gasteiger partial charge >= 0.3 is 11.9 Å². The second-order valence-corrected chi connectivity index (χ2v) is 18.1. The van der Waals surface area contributed by atoms with E-state index in [0.717, 1.165) is 36.7 Å². The van der Waals surface area contributed by atoms with E-state index in [1.807, 2.05) is 0 Å². The summed E-state index contributed by atoms with van der Waals surface area (Å²) in [6, 6.07) is 22.7. The average molecular weight is 1120 g/mol. The van der Waals surface area contributed by atoms with Gasteiger partial charge in [-0.2, -0.15) is 0 Å². The number of hydrogen-bond acceptors (Lipinski definition) is 13. The lowest BCUT2D eigenvalue weighted by atomic mass is 10.0. The third kappa shape index (κ3) is 12.2. The highest BCUT2D eigenvalue weighted by molar-refractivity contribution is 6.05. The molecule has 0 N–H and O–H groups in total. The summed E-state index contributed by atoms with van der Waals surface area (Å²) >= 11 is 0. The summed E-state index contributed by atoms with van der Waals surface area (Å²) in [6.45, 7) is -0.143. The Morgan fingerprint density at radius 3 is 1.32 bits per heavy atom. The molecular weight excluding hydrogens is 1070 g/mol. The highest BCUT2D eigenvalue weighted by atomic mass is 19.2. The normalized spacial score (nSPS) is 11.4. The molecule has 0 amide bonds. The first-order valence-electron chi connectivity index (χ1n) is 24.6. The van der Waals surface area contributed by atoms with E-state index < -0.39 is 71.7 Å². The van der Waals surface area contributed by atoms with Crippen LogP contribution in [-0.4, -0.2) is 78.4 Å². The van der Waals surface area contributed by atoms with E-state index in [2.05, 4.69) is 29.9 Å². The summed E-state index contributed by atoms with van der Waals surface area (Å²) in [7, 11) is 2.94. The molecule has 0 aliphatic carbocycles. The van der Waals surface area contributed by atoms with Crippen molar-refractivity contribution < 1.29 is 68.4 Å². The lowest BCUT2D eigenvalue weighted by Gasteiger charge is -2.12. The fourth-order valence-corrected chi connectivity index (χ4v) is 8.79. The molecule has 0 spiro atoms. The molecule has 4 aromatic carbocycles. The fraction of sp³-hybridized carbons (Fsp3) is 0.172. The van der Waals surface area contributed by atoms with Crippen molar-refractivity contribution in [2.45, 2.75) is 39.1 Å². The van der Waals surface area contributed by atoms with Crippen LogP contribution in [0.4, 0.5) is 35.1 Å². The topological polar surface area (TPSA) is 167 Å². The molecule has 0 bridgehead atoms. The Labute approximate surface area is 454 Å². The minimum Gasteiger partial charge on any atom is -0.471 e. The highest BCUT2D eigenvalue weighted by Gasteiger charge is 2.24. The van der Waals surface area contributed by atoms with Crippen LogP contribution in [0.3, 0.4) is 0 Å². The van der Waals surface area contributed by atoms with Gasteiger partial charge in [0.05, 0.1) is 70.2 Å². The number of methoxy groups -OCH3 is 2. The predicted octanol–water partition coefficient (Wildman–Crippen LogP) is 11.0. The minimum atomic E-state index is -1.02. The fourth-order valence-electron chi connectivity index (χ4n) is 8.79. The highest BCUT2D eigenvalue weighted by Crippen LogP contribution is 2.31. The summed E-state index contributed by atoms with van der Waals surface area (Å²) in [5.41, 5.74) is 0.615. The number of aromatic nitrogens is 8. The predicted molar refractivity (Wildman–Crippen MR) is 275 cm³/mol. The summed E-state index contributed by atoms with van der Waals surface area (Å²) in [6.07, 6.45) is 1.25. The van der Waals surface area contributed by atoms with E-state index in [4.69, 9.17) is 23.7 Å². The van der Waals surface area contributed by atoms with Crippen LogP contribution in [0, 0.1) is 46.5 Å². The quantitative estimate of drug-likeness (QED) is 0.0402. The number of halogens is 8. The smallest absolute Gasteiger partial charge is 0.346 e. The maximum absolute atomic E-state index is 15.9. The molecule has 0 radical (unpaired) electrons. The maximum atomic E-state index is 15.9. The second-order valence-electron chi connectivity index (χ2n) is 18.1. The average Bonchev–Trinajstić information content (AvgIpc) is 4.25. The molecule has 23 heteroatoms. The lowest BCUT2D eigenvalue weighted by molar-refractivity contribution is 0.0397. The number of esters is 2. The van der Waals surface area contributed by atoms with Crippen molar-refractivity contribution in [3.8, 4) is 34.3 Å². The summed E-state index contributed by atoms with van der Waals surface area (Å²) in [4.78, 5) is 52.5. The van der Waals surface area contributed by atoms with Crippen LogP contribution >= 0.6 is 0 Å². The van der Waals surface area contributed by atoms with E-state index in [0.29, 0.717) is 34.2 Å². The molecule has 81 heavy (non-hydrogen) atoms. The molecule has 0 saturated carbocycles. The molecule has 0 atom stereocenters. The zero-order chi connectivity index (χ0) is 56.9. The van der Waals surface area contributed by atoms with Gasteiger partial charge in [-0.25, -0.2) is 64.6 Å². The Hall–Kier alpha value is -9.48. The van der Waals surface area contributed by atoms with Crippen molar-refractivity contribution in [2.75, 3.05) is 27.4 Å². The van der Waals surface area contributed by atoms with Crippen molar-refractivity contribution in [1.29, 1.82) is 0 Å². The SMILES string of the molecule is COCCn1c(Cc2cc(F)c(-c3cccc(OCc4ncc(F)cc4F)n3)cc2F)nc2ccc(C(=O)OC(=O)c3ccc4nc(Cc5cc(F)c(-c6cccc(OCc7ncc(F)cc7F)n6)cc5F)n(CCOC)c4c3)cc21. The van der Waals surface area contributed by atoms with Crippen LogP contribution in [0.25, 0.3) is 44.6 Å². The Bertz CT molecular complexity index is 3790. The molecule has 10 aromatic rings. The number of hydrogen-bond donors (Lipinski definition) is 0. The molecule has 0 saturated heterocycles. The van der Waals surface area contributed by atoms with Gasteiger partial charge in [0.25, 0.3) is 0 Å². The van der Waals surface area contributed by atoms with Crippen LogP contribution in [0.5, 0.6) is 11.8 Å². The van der Waals surface area contributed by atoms with Gasteiger partial charge < -0.3 is 32.8 Å². The first kappa shape index (κ1) is 54.9. The van der Waals surface area contributed by atoms with Gasteiger partial charge in [-0.15, -0.1) is 0 Å². The van der Waals surface area contributed by atoms with Crippen molar-refractivity contribution in [1.82, 2.24) is 39.0 Å². The largest absolute Gasteiger partial charge is 0.471 e. The lowest BCUT2D eigenvalue weighted by Crippen LogP contribution is -2.14. The Kier molecular flexibility index (Phi) is 16.2. The minimum absolute atomic E-state index is 0.0111. The molecule has 0 aliphatic heterocycles. The molecule has 0 aliphatic rings. The van der Waals surface area contributed by atoms with Crippen molar-refractivity contribution in [3.05, 3.63) is 213 Å². The van der Waals surface area contributed by atoms with E-state index in [9.17, 15) is 27.2 Å². The number of carbonyl (C=O) groups is 2. The zero-order valence-electron chi connectivity index (χ0n) is 42.7. The molecule has 6 heterocycles. The Morgan fingerprint density at radius 1 is 0.481 bits per heavy atom. The third-order valence-corrected chi connectivity index (χ3v) is 12.8. The van der Waals surface area contributed by atoms with Gasteiger partial charge in [0.1, 0.15) is 71.2 Å². The van der Waals surface area contributed by atoms with Gasteiger partial charge in [-0.1, -0.05) is 12.1 Å². The monoisotopic (exact) mass is 1110 g/mol. The van der Waals surface area contributed by atoms with Gasteiger partial charge in [0.2, 0.25) is 11.8 Å². The molecule has 0 fully saturated rings. The standard InChI is InChI=1S/C58H42F8N8O7/c1-77-15-13-73-51-19-31(9-11-47(51)69-53(73)21-33-17-41(63)37(25-39(33)61)45-5-3-7-55(71-45)79-29-49-43(65)23-35(59)27-67-49)57(75)81-58(76)32-10-12-48-52(20-32)74(14-16-78-2)54(70-48)22-34-18-42(64)38(26-40(34)62)46-6-4-8-56(72-46)80-30-50-44(66)24-36(60)28-68-50/h3-12,17-20,23-28H,13-16,21-22,29-30H2,1-2H3. The van der Waals surface area contributed by atoms with Gasteiger partial charge in [-0.3, -0.25) is 9.97 Å². The Balaban J connectivity index is 0.840. The maximum Gasteiger partial charge on any atom is 0.346 e. The summed E-state index contributed by atoms with van der Waals surface area (Å²) in [5.74, 6) is -8.36. The van der Waals surface area contributed by atoms with Crippen molar-refractivity contribution in [3.63, 3.8) is 0 Å². The summed E-state index contributed by atoms with van der Waals surface area (Å²) in [5, 5.41) is 0. The number of ether oxygens (including phenoxy) is 5.